The van der Waals surface area contributed by atoms with E-state index in [0.29, 0.717) is 32.1 Å². The van der Waals surface area contributed by atoms with Crippen LogP contribution in [0.3, 0.4) is 0 Å². The van der Waals surface area contributed by atoms with Gasteiger partial charge in [0.1, 0.15) is 0 Å². The van der Waals surface area contributed by atoms with E-state index in [-0.39, 0.29) is 19.2 Å². The van der Waals surface area contributed by atoms with Crippen molar-refractivity contribution >= 4 is 16.0 Å². The summed E-state index contributed by atoms with van der Waals surface area (Å²) < 4.78 is 32.0. The van der Waals surface area contributed by atoms with E-state index in [1.54, 1.807) is 0 Å². The highest BCUT2D eigenvalue weighted by atomic mass is 32.2. The summed E-state index contributed by atoms with van der Waals surface area (Å²) in [5, 5.41) is 8.48. The Morgan fingerprint density at radius 2 is 1.95 bits per heavy atom. The van der Waals surface area contributed by atoms with Crippen molar-refractivity contribution in [3.8, 4) is 0 Å². The van der Waals surface area contributed by atoms with Crippen LogP contribution >= 0.6 is 0 Å². The fourth-order valence-corrected chi connectivity index (χ4v) is 5.71. The van der Waals surface area contributed by atoms with Crippen LogP contribution in [0, 0.1) is 5.92 Å². The van der Waals surface area contributed by atoms with Gasteiger partial charge in [-0.05, 0) is 25.7 Å². The Morgan fingerprint density at radius 1 is 1.33 bits per heavy atom. The van der Waals surface area contributed by atoms with E-state index in [4.69, 9.17) is 4.74 Å². The predicted octanol–water partition coefficient (Wildman–Crippen LogP) is 1.14. The molecule has 1 N–H and O–H groups in total. The number of hydrogen-bond acceptors (Lipinski definition) is 5. The lowest BCUT2D eigenvalue weighted by atomic mass is 10.1. The van der Waals surface area contributed by atoms with Crippen molar-refractivity contribution in [3.63, 3.8) is 0 Å². The summed E-state index contributed by atoms with van der Waals surface area (Å²) in [5.74, 6) is -1.04. The molecule has 7 heteroatoms. The van der Waals surface area contributed by atoms with E-state index < -0.39 is 27.2 Å². The Labute approximate surface area is 127 Å². The zero-order valence-corrected chi connectivity index (χ0v) is 13.9. The number of sulfonamides is 1. The van der Waals surface area contributed by atoms with Gasteiger partial charge in [0.25, 0.3) is 0 Å². The van der Waals surface area contributed by atoms with Crippen LogP contribution in [0.15, 0.2) is 0 Å². The number of nitrogens with zero attached hydrogens (tertiary/aromatic N) is 1. The molecule has 0 aromatic carbocycles. The molecule has 2 atom stereocenters. The van der Waals surface area contributed by atoms with E-state index in [2.05, 4.69) is 0 Å². The number of aliphatic hydroxyl groups excluding tert-OH is 1. The molecule has 1 aliphatic carbocycles. The second kappa shape index (κ2) is 8.10. The number of esters is 1. The van der Waals surface area contributed by atoms with Gasteiger partial charge in [-0.2, -0.15) is 4.31 Å². The lowest BCUT2D eigenvalue weighted by Crippen LogP contribution is -2.48. The fourth-order valence-electron chi connectivity index (χ4n) is 3.19. The zero-order valence-electron chi connectivity index (χ0n) is 13.1. The zero-order chi connectivity index (χ0) is 16.0. The first kappa shape index (κ1) is 18.4. The first-order chi connectivity index (χ1) is 9.93. The number of rotatable bonds is 8. The van der Waals surface area contributed by atoms with Crippen LogP contribution in [0.2, 0.25) is 0 Å². The Morgan fingerprint density at radius 3 is 2.43 bits per heavy atom. The van der Waals surface area contributed by atoms with Crippen molar-refractivity contribution in [2.45, 2.75) is 57.2 Å². The molecule has 21 heavy (non-hydrogen) atoms. The van der Waals surface area contributed by atoms with Crippen molar-refractivity contribution in [2.75, 3.05) is 20.3 Å². The number of aliphatic hydroxyl groups is 1. The first-order valence-electron chi connectivity index (χ1n) is 7.63. The molecular weight excluding hydrogens is 294 g/mol. The van der Waals surface area contributed by atoms with E-state index >= 15 is 0 Å². The Hall–Kier alpha value is -0.660. The van der Waals surface area contributed by atoms with Crippen molar-refractivity contribution in [1.82, 2.24) is 4.31 Å². The van der Waals surface area contributed by atoms with Gasteiger partial charge < -0.3 is 9.84 Å². The number of ether oxygens (including phenoxy) is 1. The van der Waals surface area contributed by atoms with Crippen molar-refractivity contribution in [3.05, 3.63) is 0 Å². The molecule has 0 aromatic rings. The van der Waals surface area contributed by atoms with Gasteiger partial charge in [-0.25, -0.2) is 8.42 Å². The van der Waals surface area contributed by atoms with Crippen LogP contribution < -0.4 is 0 Å². The summed E-state index contributed by atoms with van der Waals surface area (Å²) in [6.45, 7) is 3.73. The topological polar surface area (TPSA) is 83.9 Å². The lowest BCUT2D eigenvalue weighted by Gasteiger charge is -2.32. The fraction of sp³-hybridized carbons (Fsp3) is 0.929. The number of methoxy groups -OCH3 is 1. The second-order valence-corrected chi connectivity index (χ2v) is 7.55. The molecule has 2 unspecified atom stereocenters. The molecule has 0 saturated heterocycles. The molecule has 0 aromatic heterocycles. The van der Waals surface area contributed by atoms with E-state index in [0.717, 1.165) is 0 Å². The van der Waals surface area contributed by atoms with Gasteiger partial charge in [0, 0.05) is 12.6 Å². The van der Waals surface area contributed by atoms with Gasteiger partial charge in [0.15, 0.2) is 0 Å². The Kier molecular flexibility index (Phi) is 7.09. The second-order valence-electron chi connectivity index (χ2n) is 5.45. The van der Waals surface area contributed by atoms with Gasteiger partial charge in [0.05, 0.1) is 24.9 Å². The Bertz CT molecular complexity index is 433. The summed E-state index contributed by atoms with van der Waals surface area (Å²) in [6, 6.07) is -0.138. The minimum atomic E-state index is -3.62. The molecule has 124 valence electrons. The third-order valence-corrected chi connectivity index (χ3v) is 6.80. The molecule has 1 fully saturated rings. The minimum absolute atomic E-state index is 0.0824. The van der Waals surface area contributed by atoms with Gasteiger partial charge in [0.2, 0.25) is 10.0 Å². The molecule has 1 aliphatic rings. The summed E-state index contributed by atoms with van der Waals surface area (Å²) in [6.07, 6.45) is 3.10. The van der Waals surface area contributed by atoms with Crippen molar-refractivity contribution in [1.29, 1.82) is 0 Å². The average molecular weight is 321 g/mol. The molecule has 0 amide bonds. The maximum Gasteiger partial charge on any atom is 0.310 e. The quantitative estimate of drug-likeness (QED) is 0.678. The SMILES string of the molecule is CCC(CC)N(CCO)S(=O)(=O)C1CCCC1C(=O)OC. The maximum absolute atomic E-state index is 12.9. The smallest absolute Gasteiger partial charge is 0.310 e. The largest absolute Gasteiger partial charge is 0.469 e. The van der Waals surface area contributed by atoms with Crippen LogP contribution in [0.1, 0.15) is 46.0 Å². The predicted molar refractivity (Wildman–Crippen MR) is 80.2 cm³/mol. The van der Waals surface area contributed by atoms with Gasteiger partial charge in [-0.1, -0.05) is 20.3 Å². The van der Waals surface area contributed by atoms with Crippen LogP contribution in [0.25, 0.3) is 0 Å². The number of carbonyl (C=O) groups excluding carboxylic acids is 1. The molecule has 1 saturated carbocycles. The summed E-state index contributed by atoms with van der Waals surface area (Å²) in [4.78, 5) is 11.8. The highest BCUT2D eigenvalue weighted by Crippen LogP contribution is 2.34. The molecular formula is C14H27NO5S. The number of carbonyl (C=O) groups is 1. The average Bonchev–Trinajstić information content (AvgIpc) is 2.97. The first-order valence-corrected chi connectivity index (χ1v) is 9.13. The molecule has 0 heterocycles. The molecule has 0 spiro atoms. The highest BCUT2D eigenvalue weighted by molar-refractivity contribution is 7.89. The molecule has 1 rings (SSSR count). The van der Waals surface area contributed by atoms with Crippen LogP contribution in [0.4, 0.5) is 0 Å². The summed E-state index contributed by atoms with van der Waals surface area (Å²) in [5.41, 5.74) is 0. The van der Waals surface area contributed by atoms with Gasteiger partial charge in [-0.15, -0.1) is 0 Å². The summed E-state index contributed by atoms with van der Waals surface area (Å²) in [7, 11) is -2.33. The normalized spacial score (nSPS) is 23.0. The van der Waals surface area contributed by atoms with E-state index in [1.165, 1.54) is 11.4 Å². The third kappa shape index (κ3) is 3.96. The van der Waals surface area contributed by atoms with Crippen LogP contribution in [0.5, 0.6) is 0 Å². The molecule has 0 radical (unpaired) electrons. The molecule has 6 nitrogen and oxygen atoms in total. The standard InChI is InChI=1S/C14H27NO5S/c1-4-11(5-2)15(9-10-16)21(18,19)13-8-6-7-12(13)14(17)20-3/h11-13,16H,4-10H2,1-3H3. The van der Waals surface area contributed by atoms with Gasteiger partial charge in [-0.3, -0.25) is 4.79 Å². The Balaban J connectivity index is 3.07. The van der Waals surface area contributed by atoms with Crippen LogP contribution in [-0.2, 0) is 19.6 Å². The van der Waals surface area contributed by atoms with Crippen molar-refractivity contribution < 1.29 is 23.1 Å². The van der Waals surface area contributed by atoms with Crippen molar-refractivity contribution in [2.24, 2.45) is 5.92 Å². The summed E-state index contributed by atoms with van der Waals surface area (Å²) >= 11 is 0. The third-order valence-electron chi connectivity index (χ3n) is 4.34. The number of hydrogen-bond donors (Lipinski definition) is 1. The highest BCUT2D eigenvalue weighted by Gasteiger charge is 2.45. The van der Waals surface area contributed by atoms with Gasteiger partial charge >= 0.3 is 5.97 Å². The monoisotopic (exact) mass is 321 g/mol. The van der Waals surface area contributed by atoms with E-state index in [9.17, 15) is 18.3 Å². The van der Waals surface area contributed by atoms with E-state index in [1.807, 2.05) is 13.8 Å². The minimum Gasteiger partial charge on any atom is -0.469 e. The van der Waals surface area contributed by atoms with Crippen LogP contribution in [-0.4, -0.2) is 55.4 Å². The molecule has 0 aliphatic heterocycles. The maximum atomic E-state index is 12.9. The molecule has 0 bridgehead atoms. The lowest BCUT2D eigenvalue weighted by molar-refractivity contribution is -0.145.